The van der Waals surface area contributed by atoms with Gasteiger partial charge in [-0.2, -0.15) is 0 Å². The van der Waals surface area contributed by atoms with Crippen molar-refractivity contribution in [3.05, 3.63) is 69.1 Å². The molecule has 0 fully saturated rings. The number of para-hydroxylation sites is 1. The summed E-state index contributed by atoms with van der Waals surface area (Å²) in [5.74, 6) is 0.729. The zero-order valence-electron chi connectivity index (χ0n) is 11.2. The molecule has 0 unspecified atom stereocenters. The Morgan fingerprint density at radius 2 is 1.73 bits per heavy atom. The molecule has 0 aliphatic heterocycles. The molecule has 0 amide bonds. The van der Waals surface area contributed by atoms with Crippen LogP contribution in [0.25, 0.3) is 11.4 Å². The molecule has 3 aromatic rings. The molecule has 6 heteroatoms. The lowest BCUT2D eigenvalue weighted by atomic mass is 10.2. The van der Waals surface area contributed by atoms with Crippen LogP contribution in [-0.2, 0) is 0 Å². The molecule has 0 bridgehead atoms. The molecule has 0 radical (unpaired) electrons. The van der Waals surface area contributed by atoms with Crippen LogP contribution >= 0.6 is 34.2 Å². The molecule has 0 spiro atoms. The first-order valence-corrected chi connectivity index (χ1v) is 7.89. The van der Waals surface area contributed by atoms with Crippen molar-refractivity contribution >= 4 is 45.7 Å². The normalized spacial score (nSPS) is 10.5. The van der Waals surface area contributed by atoms with E-state index in [0.29, 0.717) is 22.4 Å². The van der Waals surface area contributed by atoms with Gasteiger partial charge in [-0.3, -0.25) is 0 Å². The first-order valence-electron chi connectivity index (χ1n) is 6.44. The van der Waals surface area contributed by atoms with Crippen molar-refractivity contribution in [2.24, 2.45) is 0 Å². The van der Waals surface area contributed by atoms with Gasteiger partial charge in [0, 0.05) is 15.2 Å². The number of hydrogen-bond donors (Lipinski definition) is 1. The molecule has 1 N–H and O–H groups in total. The number of nitrogens with one attached hydrogen (secondary N) is 1. The van der Waals surface area contributed by atoms with Gasteiger partial charge >= 0.3 is 0 Å². The van der Waals surface area contributed by atoms with E-state index in [2.05, 4.69) is 37.9 Å². The third-order valence-electron chi connectivity index (χ3n) is 2.93. The van der Waals surface area contributed by atoms with Gasteiger partial charge in [-0.15, -0.1) is 0 Å². The molecule has 0 saturated heterocycles. The van der Waals surface area contributed by atoms with Crippen LogP contribution in [0.1, 0.15) is 0 Å². The van der Waals surface area contributed by atoms with E-state index in [9.17, 15) is 4.39 Å². The Balaban J connectivity index is 1.96. The first kappa shape index (κ1) is 15.2. The highest BCUT2D eigenvalue weighted by molar-refractivity contribution is 14.1. The van der Waals surface area contributed by atoms with E-state index in [1.807, 2.05) is 24.3 Å². The summed E-state index contributed by atoms with van der Waals surface area (Å²) >= 11 is 8.31. The quantitative estimate of drug-likeness (QED) is 0.458. The van der Waals surface area contributed by atoms with Crippen LogP contribution in [0.15, 0.2) is 54.6 Å². The standard InChI is InChI=1S/C16H10ClFIN3/c17-14-9-15(20-13-4-2-1-3-12(13)19)22-16(21-14)10-5-7-11(18)8-6-10/h1-9H,(H,20,21,22). The lowest BCUT2D eigenvalue weighted by Crippen LogP contribution is -1.99. The molecule has 0 aliphatic carbocycles. The average molecular weight is 426 g/mol. The van der Waals surface area contributed by atoms with Gasteiger partial charge in [-0.05, 0) is 59.0 Å². The monoisotopic (exact) mass is 425 g/mol. The topological polar surface area (TPSA) is 37.8 Å². The molecule has 2 aromatic carbocycles. The van der Waals surface area contributed by atoms with E-state index < -0.39 is 0 Å². The second kappa shape index (κ2) is 6.58. The summed E-state index contributed by atoms with van der Waals surface area (Å²) in [7, 11) is 0. The fraction of sp³-hybridized carbons (Fsp3) is 0. The maximum Gasteiger partial charge on any atom is 0.163 e. The van der Waals surface area contributed by atoms with E-state index in [-0.39, 0.29) is 5.82 Å². The molecule has 0 aliphatic rings. The minimum absolute atomic E-state index is 0.303. The lowest BCUT2D eigenvalue weighted by molar-refractivity contribution is 0.628. The number of benzene rings is 2. The zero-order chi connectivity index (χ0) is 15.5. The van der Waals surface area contributed by atoms with Gasteiger partial charge in [0.1, 0.15) is 16.8 Å². The third kappa shape index (κ3) is 3.53. The molecule has 1 heterocycles. The number of nitrogens with zero attached hydrogens (tertiary/aromatic N) is 2. The van der Waals surface area contributed by atoms with Crippen LogP contribution in [0.3, 0.4) is 0 Å². The number of aromatic nitrogens is 2. The maximum atomic E-state index is 13.0. The third-order valence-corrected chi connectivity index (χ3v) is 4.07. The number of rotatable bonds is 3. The van der Waals surface area contributed by atoms with Crippen LogP contribution in [-0.4, -0.2) is 9.97 Å². The average Bonchev–Trinajstić information content (AvgIpc) is 2.50. The largest absolute Gasteiger partial charge is 0.339 e. The molecule has 0 atom stereocenters. The van der Waals surface area contributed by atoms with Crippen LogP contribution in [0.5, 0.6) is 0 Å². The highest BCUT2D eigenvalue weighted by Gasteiger charge is 2.07. The summed E-state index contributed by atoms with van der Waals surface area (Å²) in [6, 6.07) is 15.5. The fourth-order valence-electron chi connectivity index (χ4n) is 1.91. The minimum Gasteiger partial charge on any atom is -0.339 e. The van der Waals surface area contributed by atoms with E-state index in [0.717, 1.165) is 9.26 Å². The Labute approximate surface area is 145 Å². The van der Waals surface area contributed by atoms with E-state index in [1.165, 1.54) is 12.1 Å². The van der Waals surface area contributed by atoms with Crippen molar-refractivity contribution in [3.8, 4) is 11.4 Å². The SMILES string of the molecule is Fc1ccc(-c2nc(Cl)cc(Nc3ccccc3I)n2)cc1. The van der Waals surface area contributed by atoms with E-state index >= 15 is 0 Å². The second-order valence-corrected chi connectivity index (χ2v) is 6.06. The smallest absolute Gasteiger partial charge is 0.163 e. The number of hydrogen-bond acceptors (Lipinski definition) is 3. The van der Waals surface area contributed by atoms with Crippen LogP contribution in [0.2, 0.25) is 5.15 Å². The van der Waals surface area contributed by atoms with Crippen molar-refractivity contribution < 1.29 is 4.39 Å². The van der Waals surface area contributed by atoms with Gasteiger partial charge in [-0.1, -0.05) is 23.7 Å². The fourth-order valence-corrected chi connectivity index (χ4v) is 2.62. The van der Waals surface area contributed by atoms with E-state index in [4.69, 9.17) is 11.6 Å². The van der Waals surface area contributed by atoms with Crippen molar-refractivity contribution in [2.45, 2.75) is 0 Å². The van der Waals surface area contributed by atoms with Gasteiger partial charge in [0.05, 0.1) is 5.69 Å². The number of anilines is 2. The van der Waals surface area contributed by atoms with Gasteiger partial charge in [0.25, 0.3) is 0 Å². The Kier molecular flexibility index (Phi) is 4.54. The van der Waals surface area contributed by atoms with Crippen molar-refractivity contribution in [1.82, 2.24) is 9.97 Å². The Morgan fingerprint density at radius 3 is 2.45 bits per heavy atom. The Hall–Kier alpha value is -1.73. The molecule has 1 aromatic heterocycles. The first-order chi connectivity index (χ1) is 10.6. The van der Waals surface area contributed by atoms with Crippen molar-refractivity contribution in [2.75, 3.05) is 5.32 Å². The van der Waals surface area contributed by atoms with Gasteiger partial charge in [0.2, 0.25) is 0 Å². The van der Waals surface area contributed by atoms with Crippen molar-refractivity contribution in [1.29, 1.82) is 0 Å². The predicted molar refractivity (Wildman–Crippen MR) is 94.9 cm³/mol. The molecule has 3 nitrogen and oxygen atoms in total. The molecule has 110 valence electrons. The highest BCUT2D eigenvalue weighted by Crippen LogP contribution is 2.25. The Bertz CT molecular complexity index is 809. The van der Waals surface area contributed by atoms with Crippen molar-refractivity contribution in [3.63, 3.8) is 0 Å². The van der Waals surface area contributed by atoms with Gasteiger partial charge in [-0.25, -0.2) is 14.4 Å². The van der Waals surface area contributed by atoms with Gasteiger partial charge < -0.3 is 5.32 Å². The zero-order valence-corrected chi connectivity index (χ0v) is 14.1. The second-order valence-electron chi connectivity index (χ2n) is 4.51. The maximum absolute atomic E-state index is 13.0. The van der Waals surface area contributed by atoms with Crippen LogP contribution < -0.4 is 5.32 Å². The van der Waals surface area contributed by atoms with Crippen LogP contribution in [0, 0.1) is 9.39 Å². The van der Waals surface area contributed by atoms with Crippen LogP contribution in [0.4, 0.5) is 15.9 Å². The highest BCUT2D eigenvalue weighted by atomic mass is 127. The molecule has 22 heavy (non-hydrogen) atoms. The predicted octanol–water partition coefficient (Wildman–Crippen LogP) is 5.28. The lowest BCUT2D eigenvalue weighted by Gasteiger charge is -2.09. The van der Waals surface area contributed by atoms with Gasteiger partial charge in [0.15, 0.2) is 5.82 Å². The Morgan fingerprint density at radius 1 is 1.00 bits per heavy atom. The summed E-state index contributed by atoms with van der Waals surface area (Å²) in [6.07, 6.45) is 0. The summed E-state index contributed by atoms with van der Waals surface area (Å²) < 4.78 is 14.1. The minimum atomic E-state index is -0.303. The summed E-state index contributed by atoms with van der Waals surface area (Å²) in [5, 5.41) is 3.54. The number of halogens is 3. The molecule has 3 rings (SSSR count). The van der Waals surface area contributed by atoms with E-state index in [1.54, 1.807) is 18.2 Å². The summed E-state index contributed by atoms with van der Waals surface area (Å²) in [4.78, 5) is 8.63. The molecule has 0 saturated carbocycles. The molecular formula is C16H10ClFIN3. The summed E-state index contributed by atoms with van der Waals surface area (Å²) in [5.41, 5.74) is 1.64. The summed E-state index contributed by atoms with van der Waals surface area (Å²) in [6.45, 7) is 0. The molecular weight excluding hydrogens is 416 g/mol.